The first-order valence-corrected chi connectivity index (χ1v) is 10.1. The fraction of sp³-hybridized carbons (Fsp3) is 0.182. The SMILES string of the molecule is CCCOc1ccccc1[C@@H]1C(C#N)=C(N)Oc2n[nH]c(-c3ccc(Cl)c(Cl)c3)c21. The number of nitriles is 1. The smallest absolute Gasteiger partial charge is 0.244 e. The first-order chi connectivity index (χ1) is 14.5. The molecule has 2 aromatic carbocycles. The predicted octanol–water partition coefficient (Wildman–Crippen LogP) is 5.39. The van der Waals surface area contributed by atoms with Gasteiger partial charge in [-0.25, -0.2) is 0 Å². The van der Waals surface area contributed by atoms with Gasteiger partial charge in [0.2, 0.25) is 11.8 Å². The highest BCUT2D eigenvalue weighted by Crippen LogP contribution is 2.48. The Kier molecular flexibility index (Phi) is 5.58. The molecule has 4 rings (SSSR count). The van der Waals surface area contributed by atoms with Crippen molar-refractivity contribution in [2.24, 2.45) is 5.73 Å². The van der Waals surface area contributed by atoms with Crippen LogP contribution < -0.4 is 15.2 Å². The highest BCUT2D eigenvalue weighted by atomic mass is 35.5. The summed E-state index contributed by atoms with van der Waals surface area (Å²) in [5, 5.41) is 18.0. The van der Waals surface area contributed by atoms with Gasteiger partial charge in [0, 0.05) is 11.1 Å². The molecule has 30 heavy (non-hydrogen) atoms. The minimum atomic E-state index is -0.519. The van der Waals surface area contributed by atoms with Crippen LogP contribution in [0.25, 0.3) is 11.3 Å². The average Bonchev–Trinajstić information content (AvgIpc) is 3.16. The van der Waals surface area contributed by atoms with E-state index in [1.165, 1.54) is 0 Å². The molecule has 2 heterocycles. The molecule has 8 heteroatoms. The molecule has 1 aliphatic rings. The number of aromatic nitrogens is 2. The summed E-state index contributed by atoms with van der Waals surface area (Å²) in [4.78, 5) is 0. The van der Waals surface area contributed by atoms with E-state index in [9.17, 15) is 5.26 Å². The topological polar surface area (TPSA) is 96.9 Å². The number of halogens is 2. The van der Waals surface area contributed by atoms with Crippen molar-refractivity contribution in [3.8, 4) is 29.0 Å². The lowest BCUT2D eigenvalue weighted by molar-refractivity contribution is 0.312. The Morgan fingerprint density at radius 2 is 2.03 bits per heavy atom. The minimum absolute atomic E-state index is 0.0208. The fourth-order valence-corrected chi connectivity index (χ4v) is 3.79. The maximum Gasteiger partial charge on any atom is 0.244 e. The van der Waals surface area contributed by atoms with E-state index in [1.807, 2.05) is 37.3 Å². The van der Waals surface area contributed by atoms with Gasteiger partial charge in [0.05, 0.1) is 33.8 Å². The zero-order chi connectivity index (χ0) is 21.3. The molecule has 0 fully saturated rings. The number of H-pyrrole nitrogens is 1. The van der Waals surface area contributed by atoms with Crippen molar-refractivity contribution in [3.63, 3.8) is 0 Å². The van der Waals surface area contributed by atoms with E-state index in [-0.39, 0.29) is 11.5 Å². The normalized spacial score (nSPS) is 15.3. The van der Waals surface area contributed by atoms with E-state index in [4.69, 9.17) is 38.4 Å². The molecule has 0 saturated carbocycles. The Balaban J connectivity index is 1.93. The van der Waals surface area contributed by atoms with Gasteiger partial charge >= 0.3 is 0 Å². The summed E-state index contributed by atoms with van der Waals surface area (Å²) in [5.74, 6) is 0.490. The van der Waals surface area contributed by atoms with Crippen LogP contribution in [-0.4, -0.2) is 16.8 Å². The number of para-hydroxylation sites is 1. The molecule has 0 saturated heterocycles. The van der Waals surface area contributed by atoms with Crippen molar-refractivity contribution in [2.75, 3.05) is 6.61 Å². The monoisotopic (exact) mass is 440 g/mol. The summed E-state index contributed by atoms with van der Waals surface area (Å²) in [7, 11) is 0. The lowest BCUT2D eigenvalue weighted by Gasteiger charge is -2.25. The number of rotatable bonds is 5. The highest BCUT2D eigenvalue weighted by molar-refractivity contribution is 6.42. The van der Waals surface area contributed by atoms with Gasteiger partial charge in [0.25, 0.3) is 0 Å². The Bertz CT molecular complexity index is 1180. The highest BCUT2D eigenvalue weighted by Gasteiger charge is 2.37. The number of allylic oxidation sites excluding steroid dienone is 1. The second-order valence-electron chi connectivity index (χ2n) is 6.76. The van der Waals surface area contributed by atoms with Gasteiger partial charge in [0.1, 0.15) is 17.4 Å². The van der Waals surface area contributed by atoms with Crippen molar-refractivity contribution >= 4 is 23.2 Å². The molecule has 0 amide bonds. The van der Waals surface area contributed by atoms with Crippen molar-refractivity contribution < 1.29 is 9.47 Å². The molecule has 152 valence electrons. The third-order valence-electron chi connectivity index (χ3n) is 4.84. The van der Waals surface area contributed by atoms with Gasteiger partial charge in [-0.3, -0.25) is 5.10 Å². The molecule has 0 unspecified atom stereocenters. The number of nitrogens with two attached hydrogens (primary N) is 1. The number of nitrogens with one attached hydrogen (secondary N) is 1. The quantitative estimate of drug-likeness (QED) is 0.553. The van der Waals surface area contributed by atoms with Crippen LogP contribution in [0.1, 0.15) is 30.4 Å². The molecule has 0 aliphatic carbocycles. The lowest BCUT2D eigenvalue weighted by atomic mass is 9.82. The summed E-state index contributed by atoms with van der Waals surface area (Å²) in [5.41, 5.74) is 9.28. The van der Waals surface area contributed by atoms with Crippen molar-refractivity contribution in [2.45, 2.75) is 19.3 Å². The Labute approximate surface area is 183 Å². The summed E-state index contributed by atoms with van der Waals surface area (Å²) < 4.78 is 11.6. The van der Waals surface area contributed by atoms with Gasteiger partial charge in [0.15, 0.2) is 0 Å². The largest absolute Gasteiger partial charge is 0.493 e. The van der Waals surface area contributed by atoms with Gasteiger partial charge in [-0.15, -0.1) is 5.10 Å². The van der Waals surface area contributed by atoms with Gasteiger partial charge in [-0.05, 0) is 24.6 Å². The van der Waals surface area contributed by atoms with Crippen LogP contribution in [0, 0.1) is 11.3 Å². The zero-order valence-corrected chi connectivity index (χ0v) is 17.6. The fourth-order valence-electron chi connectivity index (χ4n) is 3.49. The van der Waals surface area contributed by atoms with Crippen LogP contribution in [0.2, 0.25) is 10.0 Å². The molecule has 0 bridgehead atoms. The Morgan fingerprint density at radius 3 is 2.77 bits per heavy atom. The minimum Gasteiger partial charge on any atom is -0.493 e. The van der Waals surface area contributed by atoms with Crippen molar-refractivity contribution in [1.82, 2.24) is 10.2 Å². The van der Waals surface area contributed by atoms with Gasteiger partial charge < -0.3 is 15.2 Å². The maximum atomic E-state index is 9.89. The van der Waals surface area contributed by atoms with Crippen molar-refractivity contribution in [1.29, 1.82) is 5.26 Å². The first-order valence-electron chi connectivity index (χ1n) is 9.38. The standard InChI is InChI=1S/C22H18Cl2N4O2/c1-2-9-29-17-6-4-3-5-13(17)18-14(11-25)21(26)30-22-19(18)20(27-28-22)12-7-8-15(23)16(24)10-12/h3-8,10,18H,2,9,26H2,1H3,(H,27,28)/t18-/m1/s1. The van der Waals surface area contributed by atoms with E-state index in [2.05, 4.69) is 16.3 Å². The lowest BCUT2D eigenvalue weighted by Crippen LogP contribution is -2.21. The number of hydrogen-bond acceptors (Lipinski definition) is 5. The van der Waals surface area contributed by atoms with Gasteiger partial charge in [-0.1, -0.05) is 54.4 Å². The number of ether oxygens (including phenoxy) is 2. The molecular formula is C22H18Cl2N4O2. The molecule has 0 spiro atoms. The summed E-state index contributed by atoms with van der Waals surface area (Å²) in [6.07, 6.45) is 0.858. The zero-order valence-electron chi connectivity index (χ0n) is 16.1. The molecule has 1 aliphatic heterocycles. The van der Waals surface area contributed by atoms with Crippen molar-refractivity contribution in [3.05, 3.63) is 75.1 Å². The van der Waals surface area contributed by atoms with E-state index >= 15 is 0 Å². The van der Waals surface area contributed by atoms with E-state index < -0.39 is 5.92 Å². The van der Waals surface area contributed by atoms with Crippen LogP contribution in [0.5, 0.6) is 11.6 Å². The summed E-state index contributed by atoms with van der Waals surface area (Å²) >= 11 is 12.3. The number of aromatic amines is 1. The molecule has 3 aromatic rings. The molecule has 1 atom stereocenters. The second kappa shape index (κ2) is 8.31. The van der Waals surface area contributed by atoms with E-state index in [0.29, 0.717) is 39.5 Å². The molecule has 3 N–H and O–H groups in total. The summed E-state index contributed by atoms with van der Waals surface area (Å²) in [6, 6.07) is 15.1. The van der Waals surface area contributed by atoms with E-state index in [1.54, 1.807) is 12.1 Å². The number of benzene rings is 2. The third-order valence-corrected chi connectivity index (χ3v) is 5.58. The average molecular weight is 441 g/mol. The van der Waals surface area contributed by atoms with Crippen LogP contribution in [-0.2, 0) is 0 Å². The number of hydrogen-bond donors (Lipinski definition) is 2. The van der Waals surface area contributed by atoms with Crippen LogP contribution in [0.15, 0.2) is 53.9 Å². The second-order valence-corrected chi connectivity index (χ2v) is 7.57. The maximum absolute atomic E-state index is 9.89. The summed E-state index contributed by atoms with van der Waals surface area (Å²) in [6.45, 7) is 2.59. The first kappa shape index (κ1) is 20.1. The Morgan fingerprint density at radius 1 is 1.23 bits per heavy atom. The van der Waals surface area contributed by atoms with Gasteiger partial charge in [-0.2, -0.15) is 5.26 Å². The molecule has 1 aromatic heterocycles. The van der Waals surface area contributed by atoms with E-state index in [0.717, 1.165) is 17.5 Å². The van der Waals surface area contributed by atoms with Crippen LogP contribution in [0.4, 0.5) is 0 Å². The molecule has 6 nitrogen and oxygen atoms in total. The van der Waals surface area contributed by atoms with Crippen LogP contribution in [0.3, 0.4) is 0 Å². The Hall–Kier alpha value is -3.14. The number of nitrogens with zero attached hydrogens (tertiary/aromatic N) is 2. The third kappa shape index (κ3) is 3.47. The van der Waals surface area contributed by atoms with Crippen LogP contribution >= 0.6 is 23.2 Å². The molecule has 0 radical (unpaired) electrons. The number of fused-ring (bicyclic) bond motifs is 1. The molecular weight excluding hydrogens is 423 g/mol. The predicted molar refractivity (Wildman–Crippen MR) is 116 cm³/mol.